The Labute approximate surface area is 139 Å². The van der Waals surface area contributed by atoms with Gasteiger partial charge in [0, 0.05) is 25.8 Å². The van der Waals surface area contributed by atoms with Gasteiger partial charge in [-0.05, 0) is 43.9 Å². The normalized spacial score (nSPS) is 23.1. The minimum Gasteiger partial charge on any atom is -0.431 e. The van der Waals surface area contributed by atoms with Crippen molar-refractivity contribution in [1.82, 2.24) is 9.88 Å². The van der Waals surface area contributed by atoms with Gasteiger partial charge >= 0.3 is 0 Å². The molecule has 0 spiro atoms. The number of nitrogens with zero attached hydrogens (tertiary/aromatic N) is 2. The summed E-state index contributed by atoms with van der Waals surface area (Å²) in [5, 5.41) is 0.518. The van der Waals surface area contributed by atoms with E-state index in [1.54, 1.807) is 0 Å². The maximum Gasteiger partial charge on any atom is 0.257 e. The highest BCUT2D eigenvalue weighted by Crippen LogP contribution is 2.34. The van der Waals surface area contributed by atoms with Crippen molar-refractivity contribution in [3.8, 4) is 0 Å². The lowest BCUT2D eigenvalue weighted by Crippen LogP contribution is -2.41. The first-order chi connectivity index (χ1) is 11.2. The van der Waals surface area contributed by atoms with Gasteiger partial charge < -0.3 is 14.1 Å². The van der Waals surface area contributed by atoms with Crippen LogP contribution in [-0.2, 0) is 9.53 Å². The predicted molar refractivity (Wildman–Crippen MR) is 88.6 cm³/mol. The van der Waals surface area contributed by atoms with Gasteiger partial charge in [-0.3, -0.25) is 4.79 Å². The van der Waals surface area contributed by atoms with E-state index >= 15 is 0 Å². The highest BCUT2D eigenvalue weighted by Gasteiger charge is 2.37. The van der Waals surface area contributed by atoms with E-state index in [1.807, 2.05) is 30.0 Å². The number of amides is 1. The van der Waals surface area contributed by atoms with Crippen molar-refractivity contribution in [3.05, 3.63) is 23.8 Å². The standard InChI is InChI=1S/C17H20N2O3S/c1-11-2-3-14-13(10-11)18-17(22-14)23-15-4-7-19(16(15)20)12-5-8-21-9-6-12/h2-3,10,12,15H,4-9H2,1H3/t15-/m0/s1. The van der Waals surface area contributed by atoms with Crippen LogP contribution in [0.25, 0.3) is 11.1 Å². The second kappa shape index (κ2) is 6.17. The van der Waals surface area contributed by atoms with E-state index in [1.165, 1.54) is 11.8 Å². The summed E-state index contributed by atoms with van der Waals surface area (Å²) in [5.41, 5.74) is 2.80. The number of aryl methyl sites for hydroxylation is 1. The average Bonchev–Trinajstić information content (AvgIpc) is 3.12. The quantitative estimate of drug-likeness (QED) is 0.865. The second-order valence-corrected chi connectivity index (χ2v) is 7.38. The minimum absolute atomic E-state index is 0.0768. The fourth-order valence-corrected chi connectivity index (χ4v) is 4.32. The topological polar surface area (TPSA) is 55.6 Å². The van der Waals surface area contributed by atoms with Crippen LogP contribution in [0.1, 0.15) is 24.8 Å². The van der Waals surface area contributed by atoms with E-state index in [0.29, 0.717) is 11.3 Å². The van der Waals surface area contributed by atoms with E-state index in [2.05, 4.69) is 4.98 Å². The summed E-state index contributed by atoms with van der Waals surface area (Å²) in [6.45, 7) is 4.39. The number of hydrogen-bond acceptors (Lipinski definition) is 5. The number of ether oxygens (including phenoxy) is 1. The molecule has 2 fully saturated rings. The number of oxazole rings is 1. The summed E-state index contributed by atoms with van der Waals surface area (Å²) < 4.78 is 11.2. The average molecular weight is 332 g/mol. The molecule has 1 atom stereocenters. The Balaban J connectivity index is 1.46. The lowest BCUT2D eigenvalue weighted by atomic mass is 10.1. The molecule has 0 saturated carbocycles. The van der Waals surface area contributed by atoms with E-state index in [-0.39, 0.29) is 11.2 Å². The molecule has 2 saturated heterocycles. The number of rotatable bonds is 3. The van der Waals surface area contributed by atoms with Gasteiger partial charge in [-0.2, -0.15) is 0 Å². The SMILES string of the molecule is Cc1ccc2oc(S[C@H]3CCN(C4CCOCC4)C3=O)nc2c1. The zero-order valence-electron chi connectivity index (χ0n) is 13.2. The molecule has 1 aromatic carbocycles. The minimum atomic E-state index is -0.0768. The maximum atomic E-state index is 12.7. The van der Waals surface area contributed by atoms with Crippen LogP contribution < -0.4 is 0 Å². The lowest BCUT2D eigenvalue weighted by molar-refractivity contribution is -0.130. The molecule has 1 amide bonds. The molecular formula is C17H20N2O3S. The summed E-state index contributed by atoms with van der Waals surface area (Å²) in [6.07, 6.45) is 2.76. The molecule has 3 heterocycles. The zero-order chi connectivity index (χ0) is 15.8. The number of benzene rings is 1. The molecule has 0 bridgehead atoms. The second-order valence-electron chi connectivity index (χ2n) is 6.22. The van der Waals surface area contributed by atoms with Gasteiger partial charge in [0.25, 0.3) is 5.22 Å². The Morgan fingerprint density at radius 3 is 2.91 bits per heavy atom. The van der Waals surface area contributed by atoms with E-state index in [4.69, 9.17) is 9.15 Å². The molecule has 2 aliphatic heterocycles. The fraction of sp³-hybridized carbons (Fsp3) is 0.529. The Kier molecular flexibility index (Phi) is 4.03. The monoisotopic (exact) mass is 332 g/mol. The van der Waals surface area contributed by atoms with Crippen LogP contribution in [0.2, 0.25) is 0 Å². The maximum absolute atomic E-state index is 12.7. The molecule has 0 N–H and O–H groups in total. The summed E-state index contributed by atoms with van der Waals surface area (Å²) in [4.78, 5) is 19.2. The van der Waals surface area contributed by atoms with Crippen LogP contribution in [0.15, 0.2) is 27.8 Å². The van der Waals surface area contributed by atoms with Crippen LogP contribution in [0, 0.1) is 6.92 Å². The van der Waals surface area contributed by atoms with Crippen LogP contribution in [-0.4, -0.2) is 46.8 Å². The third-order valence-corrected chi connectivity index (χ3v) is 5.69. The number of hydrogen-bond donors (Lipinski definition) is 0. The van der Waals surface area contributed by atoms with Gasteiger partial charge in [0.2, 0.25) is 5.91 Å². The van der Waals surface area contributed by atoms with Crippen molar-refractivity contribution in [2.45, 2.75) is 42.7 Å². The molecular weight excluding hydrogens is 312 g/mol. The Morgan fingerprint density at radius 2 is 2.09 bits per heavy atom. The van der Waals surface area contributed by atoms with E-state index < -0.39 is 0 Å². The van der Waals surface area contributed by atoms with Gasteiger partial charge in [-0.15, -0.1) is 0 Å². The number of likely N-dealkylation sites (tertiary alicyclic amines) is 1. The van der Waals surface area contributed by atoms with Crippen molar-refractivity contribution in [1.29, 1.82) is 0 Å². The summed E-state index contributed by atoms with van der Waals surface area (Å²) in [5.74, 6) is 0.223. The summed E-state index contributed by atoms with van der Waals surface area (Å²) in [6, 6.07) is 6.30. The smallest absolute Gasteiger partial charge is 0.257 e. The van der Waals surface area contributed by atoms with Crippen LogP contribution in [0.4, 0.5) is 0 Å². The van der Waals surface area contributed by atoms with E-state index in [9.17, 15) is 4.79 Å². The van der Waals surface area contributed by atoms with Gasteiger partial charge in [0.15, 0.2) is 5.58 Å². The summed E-state index contributed by atoms with van der Waals surface area (Å²) in [7, 11) is 0. The molecule has 1 aromatic heterocycles. The summed E-state index contributed by atoms with van der Waals surface area (Å²) >= 11 is 1.46. The van der Waals surface area contributed by atoms with Crippen molar-refractivity contribution in [3.63, 3.8) is 0 Å². The van der Waals surface area contributed by atoms with Gasteiger partial charge in [-0.1, -0.05) is 17.8 Å². The molecule has 5 nitrogen and oxygen atoms in total. The molecule has 23 heavy (non-hydrogen) atoms. The molecule has 0 aliphatic carbocycles. The number of aromatic nitrogens is 1. The number of carbonyl (C=O) groups is 1. The van der Waals surface area contributed by atoms with Crippen molar-refractivity contribution >= 4 is 28.8 Å². The van der Waals surface area contributed by atoms with Gasteiger partial charge in [-0.25, -0.2) is 4.98 Å². The van der Waals surface area contributed by atoms with E-state index in [0.717, 1.165) is 55.7 Å². The lowest BCUT2D eigenvalue weighted by Gasteiger charge is -2.31. The fourth-order valence-electron chi connectivity index (χ4n) is 3.33. The van der Waals surface area contributed by atoms with Crippen LogP contribution in [0.3, 0.4) is 0 Å². The van der Waals surface area contributed by atoms with Crippen molar-refractivity contribution in [2.24, 2.45) is 0 Å². The van der Waals surface area contributed by atoms with Crippen molar-refractivity contribution < 1.29 is 13.9 Å². The largest absolute Gasteiger partial charge is 0.431 e. The Hall–Kier alpha value is -1.53. The third kappa shape index (κ3) is 2.97. The molecule has 2 aliphatic rings. The van der Waals surface area contributed by atoms with Crippen LogP contribution in [0.5, 0.6) is 0 Å². The third-order valence-electron chi connectivity index (χ3n) is 4.59. The Morgan fingerprint density at radius 1 is 1.26 bits per heavy atom. The highest BCUT2D eigenvalue weighted by molar-refractivity contribution is 8.00. The molecule has 6 heteroatoms. The highest BCUT2D eigenvalue weighted by atomic mass is 32.2. The first-order valence-corrected chi connectivity index (χ1v) is 9.01. The molecule has 0 radical (unpaired) electrons. The molecule has 2 aromatic rings. The van der Waals surface area contributed by atoms with Crippen molar-refractivity contribution in [2.75, 3.05) is 19.8 Å². The van der Waals surface area contributed by atoms with Gasteiger partial charge in [0.1, 0.15) is 5.52 Å². The molecule has 122 valence electrons. The zero-order valence-corrected chi connectivity index (χ0v) is 14.0. The Bertz CT molecular complexity index is 724. The van der Waals surface area contributed by atoms with Crippen LogP contribution >= 0.6 is 11.8 Å². The molecule has 4 rings (SSSR count). The van der Waals surface area contributed by atoms with Gasteiger partial charge in [0.05, 0.1) is 5.25 Å². The molecule has 0 unspecified atom stereocenters. The first kappa shape index (κ1) is 15.0. The number of thioether (sulfide) groups is 1. The number of carbonyl (C=O) groups excluding carboxylic acids is 1. The first-order valence-electron chi connectivity index (χ1n) is 8.13. The predicted octanol–water partition coefficient (Wildman–Crippen LogP) is 3.01. The number of fused-ring (bicyclic) bond motifs is 1.